The zero-order valence-electron chi connectivity index (χ0n) is 10.1. The predicted octanol–water partition coefficient (Wildman–Crippen LogP) is 3.48. The molecule has 0 aliphatic rings. The Kier molecular flexibility index (Phi) is 3.42. The fourth-order valence-corrected chi connectivity index (χ4v) is 1.72. The molecule has 0 fully saturated rings. The molecule has 0 saturated heterocycles. The van der Waals surface area contributed by atoms with E-state index in [4.69, 9.17) is 0 Å². The maximum atomic E-state index is 13.4. The second-order valence-corrected chi connectivity index (χ2v) is 3.98. The van der Waals surface area contributed by atoms with Crippen LogP contribution in [0.25, 0.3) is 0 Å². The highest BCUT2D eigenvalue weighted by molar-refractivity contribution is 5.58. The lowest BCUT2D eigenvalue weighted by molar-refractivity contribution is 0.619. The number of rotatable bonds is 4. The van der Waals surface area contributed by atoms with Crippen LogP contribution >= 0.6 is 0 Å². The third-order valence-corrected chi connectivity index (χ3v) is 2.69. The van der Waals surface area contributed by atoms with Crippen LogP contribution in [0.3, 0.4) is 0 Å². The molecule has 2 aromatic rings. The van der Waals surface area contributed by atoms with Crippen LogP contribution in [0, 0.1) is 12.7 Å². The van der Waals surface area contributed by atoms with Crippen molar-refractivity contribution in [1.29, 1.82) is 0 Å². The van der Waals surface area contributed by atoms with Gasteiger partial charge in [0.05, 0.1) is 0 Å². The molecule has 0 aliphatic heterocycles. The van der Waals surface area contributed by atoms with Gasteiger partial charge >= 0.3 is 0 Å². The van der Waals surface area contributed by atoms with Crippen molar-refractivity contribution in [3.63, 3.8) is 0 Å². The topological polar surface area (TPSA) is 29.9 Å². The molecule has 1 N–H and O–H groups in total. The number of aryl methyl sites for hydroxylation is 1. The quantitative estimate of drug-likeness (QED) is 0.876. The molecule has 0 unspecified atom stereocenters. The van der Waals surface area contributed by atoms with E-state index >= 15 is 0 Å². The van der Waals surface area contributed by atoms with E-state index in [0.29, 0.717) is 5.56 Å². The molecule has 0 atom stereocenters. The molecule has 1 heterocycles. The first-order chi connectivity index (χ1) is 8.22. The van der Waals surface area contributed by atoms with Gasteiger partial charge in [-0.1, -0.05) is 13.0 Å². The lowest BCUT2D eigenvalue weighted by Gasteiger charge is -2.11. The molecule has 0 saturated carbocycles. The highest BCUT2D eigenvalue weighted by Crippen LogP contribution is 2.21. The highest BCUT2D eigenvalue weighted by Gasteiger charge is 2.06. The van der Waals surface area contributed by atoms with Crippen molar-refractivity contribution in [2.45, 2.75) is 26.8 Å². The van der Waals surface area contributed by atoms with Gasteiger partial charge in [-0.2, -0.15) is 0 Å². The average molecular weight is 233 g/mol. The first kappa shape index (κ1) is 11.6. The van der Waals surface area contributed by atoms with Gasteiger partial charge in [-0.25, -0.2) is 9.37 Å². The van der Waals surface area contributed by atoms with E-state index in [-0.39, 0.29) is 5.82 Å². The minimum absolute atomic E-state index is 0.205. The summed E-state index contributed by atoms with van der Waals surface area (Å²) in [6.07, 6.45) is 4.69. The van der Waals surface area contributed by atoms with Gasteiger partial charge in [-0.05, 0) is 25.5 Å². The third kappa shape index (κ3) is 2.46. The average Bonchev–Trinajstić information content (AvgIpc) is 2.73. The molecule has 3 nitrogen and oxygen atoms in total. The number of imidazole rings is 1. The monoisotopic (exact) mass is 233 g/mol. The maximum Gasteiger partial charge on any atom is 0.207 e. The first-order valence-corrected chi connectivity index (χ1v) is 5.75. The van der Waals surface area contributed by atoms with Gasteiger partial charge in [-0.3, -0.25) is 0 Å². The first-order valence-electron chi connectivity index (χ1n) is 5.75. The Balaban J connectivity index is 2.25. The molecule has 0 bridgehead atoms. The van der Waals surface area contributed by atoms with Gasteiger partial charge in [-0.15, -0.1) is 0 Å². The fourth-order valence-electron chi connectivity index (χ4n) is 1.72. The van der Waals surface area contributed by atoms with Crippen molar-refractivity contribution in [2.24, 2.45) is 0 Å². The molecule has 0 amide bonds. The maximum absolute atomic E-state index is 13.4. The van der Waals surface area contributed by atoms with Crippen molar-refractivity contribution < 1.29 is 4.39 Å². The molecule has 4 heteroatoms. The van der Waals surface area contributed by atoms with Crippen molar-refractivity contribution in [3.8, 4) is 0 Å². The van der Waals surface area contributed by atoms with Crippen molar-refractivity contribution in [3.05, 3.63) is 42.0 Å². The van der Waals surface area contributed by atoms with Gasteiger partial charge in [0, 0.05) is 30.2 Å². The summed E-state index contributed by atoms with van der Waals surface area (Å²) >= 11 is 0. The van der Waals surface area contributed by atoms with E-state index in [1.54, 1.807) is 19.2 Å². The number of hydrogen-bond donors (Lipinski definition) is 1. The Morgan fingerprint density at radius 2 is 2.24 bits per heavy atom. The van der Waals surface area contributed by atoms with Crippen LogP contribution in [0.2, 0.25) is 0 Å². The second kappa shape index (κ2) is 4.99. The number of nitrogens with zero attached hydrogens (tertiary/aromatic N) is 2. The third-order valence-electron chi connectivity index (χ3n) is 2.69. The summed E-state index contributed by atoms with van der Waals surface area (Å²) < 4.78 is 15.4. The van der Waals surface area contributed by atoms with Crippen molar-refractivity contribution in [2.75, 3.05) is 5.32 Å². The van der Waals surface area contributed by atoms with E-state index in [0.717, 1.165) is 24.6 Å². The van der Waals surface area contributed by atoms with E-state index in [1.807, 2.05) is 16.8 Å². The molecule has 0 aliphatic carbocycles. The summed E-state index contributed by atoms with van der Waals surface area (Å²) in [7, 11) is 0. The molecule has 1 aromatic carbocycles. The summed E-state index contributed by atoms with van der Waals surface area (Å²) in [5, 5.41) is 3.16. The summed E-state index contributed by atoms with van der Waals surface area (Å²) in [6.45, 7) is 4.76. The smallest absolute Gasteiger partial charge is 0.207 e. The van der Waals surface area contributed by atoms with E-state index < -0.39 is 0 Å². The minimum Gasteiger partial charge on any atom is -0.325 e. The van der Waals surface area contributed by atoms with Crippen LogP contribution in [0.5, 0.6) is 0 Å². The zero-order valence-corrected chi connectivity index (χ0v) is 10.1. The second-order valence-electron chi connectivity index (χ2n) is 3.98. The van der Waals surface area contributed by atoms with Crippen LogP contribution in [0.4, 0.5) is 16.0 Å². The molecule has 0 spiro atoms. The number of nitrogens with one attached hydrogen (secondary N) is 1. The van der Waals surface area contributed by atoms with Gasteiger partial charge in [0.2, 0.25) is 5.95 Å². The summed E-state index contributed by atoms with van der Waals surface area (Å²) in [5.41, 5.74) is 1.37. The van der Waals surface area contributed by atoms with E-state index in [9.17, 15) is 4.39 Å². The van der Waals surface area contributed by atoms with Gasteiger partial charge in [0.1, 0.15) is 5.82 Å². The fraction of sp³-hybridized carbons (Fsp3) is 0.308. The largest absolute Gasteiger partial charge is 0.325 e. The van der Waals surface area contributed by atoms with Gasteiger partial charge in [0.25, 0.3) is 0 Å². The number of hydrogen-bond acceptors (Lipinski definition) is 2. The number of halogens is 1. The van der Waals surface area contributed by atoms with Gasteiger partial charge < -0.3 is 9.88 Å². The lowest BCUT2D eigenvalue weighted by atomic mass is 10.2. The predicted molar refractivity (Wildman–Crippen MR) is 66.9 cm³/mol. The van der Waals surface area contributed by atoms with Crippen LogP contribution in [-0.2, 0) is 6.54 Å². The Labute approximate surface area is 100 Å². The van der Waals surface area contributed by atoms with Crippen molar-refractivity contribution >= 4 is 11.6 Å². The Morgan fingerprint density at radius 1 is 1.41 bits per heavy atom. The van der Waals surface area contributed by atoms with Crippen LogP contribution in [0.15, 0.2) is 30.6 Å². The molecule has 1 aromatic heterocycles. The van der Waals surface area contributed by atoms with Crippen LogP contribution in [-0.4, -0.2) is 9.55 Å². The summed E-state index contributed by atoms with van der Waals surface area (Å²) in [5.74, 6) is 0.546. The number of benzene rings is 1. The number of anilines is 2. The minimum atomic E-state index is -0.205. The Morgan fingerprint density at radius 3 is 3.00 bits per heavy atom. The number of aromatic nitrogens is 2. The molecule has 17 heavy (non-hydrogen) atoms. The SMILES string of the molecule is CCCn1ccnc1Nc1cccc(F)c1C. The van der Waals surface area contributed by atoms with Crippen molar-refractivity contribution in [1.82, 2.24) is 9.55 Å². The normalized spacial score (nSPS) is 10.5. The van der Waals surface area contributed by atoms with Crippen LogP contribution in [0.1, 0.15) is 18.9 Å². The Hall–Kier alpha value is -1.84. The van der Waals surface area contributed by atoms with E-state index in [2.05, 4.69) is 17.2 Å². The molecular formula is C13H16FN3. The molecular weight excluding hydrogens is 217 g/mol. The molecule has 2 rings (SSSR count). The Bertz CT molecular complexity index is 505. The zero-order chi connectivity index (χ0) is 12.3. The molecule has 0 radical (unpaired) electrons. The lowest BCUT2D eigenvalue weighted by Crippen LogP contribution is -2.04. The highest BCUT2D eigenvalue weighted by atomic mass is 19.1. The van der Waals surface area contributed by atoms with Crippen LogP contribution < -0.4 is 5.32 Å². The summed E-state index contributed by atoms with van der Waals surface area (Å²) in [4.78, 5) is 4.23. The molecule has 90 valence electrons. The van der Waals surface area contributed by atoms with E-state index in [1.165, 1.54) is 6.07 Å². The summed E-state index contributed by atoms with van der Waals surface area (Å²) in [6, 6.07) is 5.00. The standard InChI is InChI=1S/C13H16FN3/c1-3-8-17-9-7-15-13(17)16-12-6-4-5-11(14)10(12)2/h4-7,9H,3,8H2,1-2H3,(H,15,16). The van der Waals surface area contributed by atoms with Gasteiger partial charge in [0.15, 0.2) is 0 Å².